The normalized spacial score (nSPS) is 17.1. The van der Waals surface area contributed by atoms with E-state index in [2.05, 4.69) is 22.2 Å². The third-order valence-electron chi connectivity index (χ3n) is 5.29. The van der Waals surface area contributed by atoms with Gasteiger partial charge < -0.3 is 10.1 Å². The van der Waals surface area contributed by atoms with E-state index in [0.29, 0.717) is 12.1 Å². The summed E-state index contributed by atoms with van der Waals surface area (Å²) in [6.07, 6.45) is 4.62. The second-order valence-corrected chi connectivity index (χ2v) is 9.40. The first-order valence-electron chi connectivity index (χ1n) is 9.79. The fourth-order valence-electron chi connectivity index (χ4n) is 3.92. The number of methoxy groups -OCH3 is 1. The maximum atomic E-state index is 12.7. The van der Waals surface area contributed by atoms with Crippen LogP contribution in [0.3, 0.4) is 0 Å². The minimum absolute atomic E-state index is 0.00681. The number of amides is 1. The number of sulfonamides is 1. The number of anilines is 1. The number of aryl methyl sites for hydroxylation is 1. The molecule has 0 saturated carbocycles. The van der Waals surface area contributed by atoms with Crippen LogP contribution in [0.15, 0.2) is 42.5 Å². The van der Waals surface area contributed by atoms with E-state index in [-0.39, 0.29) is 17.9 Å². The number of rotatable bonds is 7. The summed E-state index contributed by atoms with van der Waals surface area (Å²) in [7, 11) is -1.68. The largest absolute Gasteiger partial charge is 0.497 e. The number of ether oxygens (including phenoxy) is 1. The molecule has 156 valence electrons. The highest BCUT2D eigenvalue weighted by Gasteiger charge is 2.24. The first kappa shape index (κ1) is 21.2. The van der Waals surface area contributed by atoms with E-state index in [1.165, 1.54) is 11.1 Å². The molecule has 1 aliphatic rings. The summed E-state index contributed by atoms with van der Waals surface area (Å²) >= 11 is 0. The number of fused-ring (bicyclic) bond motifs is 1. The van der Waals surface area contributed by atoms with E-state index < -0.39 is 10.0 Å². The van der Waals surface area contributed by atoms with Crippen LogP contribution in [0.5, 0.6) is 5.75 Å². The molecule has 0 aliphatic heterocycles. The monoisotopic (exact) mass is 416 g/mol. The highest BCUT2D eigenvalue weighted by molar-refractivity contribution is 7.92. The molecule has 0 aromatic heterocycles. The predicted octanol–water partition coefficient (Wildman–Crippen LogP) is 3.75. The summed E-state index contributed by atoms with van der Waals surface area (Å²) in [5.74, 6) is 1.05. The molecular formula is C22H28N2O4S. The summed E-state index contributed by atoms with van der Waals surface area (Å²) in [5, 5.41) is 3.05. The van der Waals surface area contributed by atoms with Gasteiger partial charge in [0.15, 0.2) is 0 Å². The highest BCUT2D eigenvalue weighted by Crippen LogP contribution is 2.36. The quantitative estimate of drug-likeness (QED) is 0.720. The molecule has 3 rings (SSSR count). The standard InChI is InChI=1S/C22H28N2O4S/c1-15(16-6-5-9-19(12-16)24-29(3,26)27)23-22(25)14-18-8-4-7-17-13-20(28-2)10-11-21(17)18/h5-6,9-13,15,18,24H,4,7-8,14H2,1-3H3,(H,23,25). The summed E-state index contributed by atoms with van der Waals surface area (Å²) in [6, 6.07) is 13.0. The molecule has 2 N–H and O–H groups in total. The second kappa shape index (κ2) is 8.86. The van der Waals surface area contributed by atoms with Crippen LogP contribution >= 0.6 is 0 Å². The fraction of sp³-hybridized carbons (Fsp3) is 0.409. The lowest BCUT2D eigenvalue weighted by atomic mass is 9.81. The van der Waals surface area contributed by atoms with E-state index in [1.807, 2.05) is 19.1 Å². The maximum Gasteiger partial charge on any atom is 0.229 e. The number of carbonyl (C=O) groups excluding carboxylic acids is 1. The van der Waals surface area contributed by atoms with Gasteiger partial charge in [0.25, 0.3) is 0 Å². The zero-order chi connectivity index (χ0) is 21.0. The van der Waals surface area contributed by atoms with Gasteiger partial charge in [-0.25, -0.2) is 8.42 Å². The molecular weight excluding hydrogens is 388 g/mol. The van der Waals surface area contributed by atoms with Crippen LogP contribution in [0.25, 0.3) is 0 Å². The molecule has 6 nitrogen and oxygen atoms in total. The van der Waals surface area contributed by atoms with Gasteiger partial charge in [-0.3, -0.25) is 9.52 Å². The molecule has 2 aromatic carbocycles. The van der Waals surface area contributed by atoms with Gasteiger partial charge in [-0.15, -0.1) is 0 Å². The average Bonchev–Trinajstić information content (AvgIpc) is 2.66. The smallest absolute Gasteiger partial charge is 0.229 e. The van der Waals surface area contributed by atoms with Gasteiger partial charge in [0.05, 0.1) is 19.4 Å². The third-order valence-corrected chi connectivity index (χ3v) is 5.89. The summed E-state index contributed by atoms with van der Waals surface area (Å²) in [5.41, 5.74) is 3.84. The van der Waals surface area contributed by atoms with Crippen molar-refractivity contribution in [2.24, 2.45) is 0 Å². The Morgan fingerprint density at radius 3 is 2.76 bits per heavy atom. The number of hydrogen-bond acceptors (Lipinski definition) is 4. The molecule has 0 radical (unpaired) electrons. The molecule has 7 heteroatoms. The highest BCUT2D eigenvalue weighted by atomic mass is 32.2. The Kier molecular flexibility index (Phi) is 6.47. The van der Waals surface area contributed by atoms with Crippen LogP contribution in [0.4, 0.5) is 5.69 Å². The van der Waals surface area contributed by atoms with Crippen molar-refractivity contribution in [3.8, 4) is 5.75 Å². The number of hydrogen-bond donors (Lipinski definition) is 2. The first-order chi connectivity index (χ1) is 13.7. The van der Waals surface area contributed by atoms with Crippen LogP contribution in [0.2, 0.25) is 0 Å². The zero-order valence-electron chi connectivity index (χ0n) is 17.1. The van der Waals surface area contributed by atoms with E-state index in [1.54, 1.807) is 25.3 Å². The van der Waals surface area contributed by atoms with Crippen molar-refractivity contribution >= 4 is 21.6 Å². The summed E-state index contributed by atoms with van der Waals surface area (Å²) in [4.78, 5) is 12.7. The van der Waals surface area contributed by atoms with Crippen molar-refractivity contribution in [2.75, 3.05) is 18.1 Å². The third kappa shape index (κ3) is 5.73. The van der Waals surface area contributed by atoms with Crippen LogP contribution in [0.1, 0.15) is 54.8 Å². The minimum Gasteiger partial charge on any atom is -0.497 e. The van der Waals surface area contributed by atoms with Gasteiger partial charge in [0, 0.05) is 12.1 Å². The summed E-state index contributed by atoms with van der Waals surface area (Å²) in [6.45, 7) is 1.90. The average molecular weight is 417 g/mol. The molecule has 0 saturated heterocycles. The van der Waals surface area contributed by atoms with Gasteiger partial charge in [-0.1, -0.05) is 18.2 Å². The fourth-order valence-corrected chi connectivity index (χ4v) is 4.48. The van der Waals surface area contributed by atoms with Crippen molar-refractivity contribution in [3.05, 3.63) is 59.2 Å². The number of benzene rings is 2. The van der Waals surface area contributed by atoms with Crippen LogP contribution < -0.4 is 14.8 Å². The Hall–Kier alpha value is -2.54. The minimum atomic E-state index is -3.34. The van der Waals surface area contributed by atoms with Gasteiger partial charge in [0.1, 0.15) is 5.75 Å². The van der Waals surface area contributed by atoms with Gasteiger partial charge in [-0.05, 0) is 73.1 Å². The topological polar surface area (TPSA) is 84.5 Å². The molecule has 2 atom stereocenters. The van der Waals surface area contributed by atoms with Gasteiger partial charge in [0.2, 0.25) is 15.9 Å². The van der Waals surface area contributed by atoms with E-state index >= 15 is 0 Å². The molecule has 0 bridgehead atoms. The SMILES string of the molecule is COc1ccc2c(c1)CCCC2CC(=O)NC(C)c1cccc(NS(C)(=O)=O)c1. The van der Waals surface area contributed by atoms with Crippen molar-refractivity contribution in [2.45, 2.75) is 44.6 Å². The molecule has 1 aliphatic carbocycles. The zero-order valence-corrected chi connectivity index (χ0v) is 17.9. The summed E-state index contributed by atoms with van der Waals surface area (Å²) < 4.78 is 30.6. The second-order valence-electron chi connectivity index (χ2n) is 7.65. The van der Waals surface area contributed by atoms with Crippen LogP contribution in [-0.2, 0) is 21.2 Å². The number of carbonyl (C=O) groups is 1. The molecule has 2 aromatic rings. The Labute approximate surface area is 172 Å². The van der Waals surface area contributed by atoms with Crippen LogP contribution in [-0.4, -0.2) is 27.7 Å². The number of nitrogens with one attached hydrogen (secondary N) is 2. The Balaban J connectivity index is 1.65. The van der Waals surface area contributed by atoms with Crippen molar-refractivity contribution in [1.29, 1.82) is 0 Å². The molecule has 0 spiro atoms. The van der Waals surface area contributed by atoms with E-state index in [0.717, 1.165) is 36.8 Å². The molecule has 1 amide bonds. The molecule has 2 unspecified atom stereocenters. The van der Waals surface area contributed by atoms with E-state index in [4.69, 9.17) is 4.74 Å². The first-order valence-corrected chi connectivity index (χ1v) is 11.7. The molecule has 29 heavy (non-hydrogen) atoms. The van der Waals surface area contributed by atoms with Gasteiger partial charge >= 0.3 is 0 Å². The lowest BCUT2D eigenvalue weighted by Gasteiger charge is -2.26. The Bertz CT molecular complexity index is 988. The van der Waals surface area contributed by atoms with E-state index in [9.17, 15) is 13.2 Å². The van der Waals surface area contributed by atoms with Gasteiger partial charge in [-0.2, -0.15) is 0 Å². The molecule has 0 heterocycles. The lowest BCUT2D eigenvalue weighted by Crippen LogP contribution is -2.28. The lowest BCUT2D eigenvalue weighted by molar-refractivity contribution is -0.122. The Morgan fingerprint density at radius 2 is 2.03 bits per heavy atom. The predicted molar refractivity (Wildman–Crippen MR) is 115 cm³/mol. The maximum absolute atomic E-state index is 12.7. The van der Waals surface area contributed by atoms with Crippen molar-refractivity contribution < 1.29 is 17.9 Å². The van der Waals surface area contributed by atoms with Crippen molar-refractivity contribution in [1.82, 2.24) is 5.32 Å². The van der Waals surface area contributed by atoms with Crippen molar-refractivity contribution in [3.63, 3.8) is 0 Å². The Morgan fingerprint density at radius 1 is 1.24 bits per heavy atom. The molecule has 0 fully saturated rings. The van der Waals surface area contributed by atoms with Crippen LogP contribution in [0, 0.1) is 0 Å².